The molecule has 0 unspecified atom stereocenters. The van der Waals surface area contributed by atoms with Crippen LogP contribution in [0.25, 0.3) is 0 Å². The lowest BCUT2D eigenvalue weighted by Gasteiger charge is -2.20. The number of benzene rings is 3. The van der Waals surface area contributed by atoms with Gasteiger partial charge in [-0.2, -0.15) is 0 Å². The maximum atomic E-state index is 12.8. The topological polar surface area (TPSA) is 75.7 Å². The zero-order valence-electron chi connectivity index (χ0n) is 16.5. The number of nitrogens with zero attached hydrogens (tertiary/aromatic N) is 1. The second kappa shape index (κ2) is 9.48. The van der Waals surface area contributed by atoms with Crippen LogP contribution >= 0.6 is 22.6 Å². The first-order valence-electron chi connectivity index (χ1n) is 9.09. The number of carbonyl (C=O) groups is 1. The molecule has 0 fully saturated rings. The standard InChI is InChI=1S/C22H21IN2O4S/c1-16-3-13-21(14-4-16)30(27,28)25(2)19-9-11-20(12-10-19)29-15-22(26)24-18-7-5-17(23)6-8-18/h3-14H,15H2,1-2H3,(H,24,26). The average molecular weight is 536 g/mol. The van der Waals surface area contributed by atoms with Gasteiger partial charge in [-0.05, 0) is 90.2 Å². The van der Waals surface area contributed by atoms with Gasteiger partial charge in [0.1, 0.15) is 5.75 Å². The van der Waals surface area contributed by atoms with Gasteiger partial charge < -0.3 is 10.1 Å². The molecule has 1 amide bonds. The monoisotopic (exact) mass is 536 g/mol. The third kappa shape index (κ3) is 5.51. The van der Waals surface area contributed by atoms with E-state index < -0.39 is 10.0 Å². The van der Waals surface area contributed by atoms with Crippen LogP contribution in [-0.2, 0) is 14.8 Å². The van der Waals surface area contributed by atoms with Crippen LogP contribution in [-0.4, -0.2) is 28.0 Å². The van der Waals surface area contributed by atoms with E-state index in [2.05, 4.69) is 27.9 Å². The number of carbonyl (C=O) groups excluding carboxylic acids is 1. The van der Waals surface area contributed by atoms with Crippen LogP contribution in [0, 0.1) is 10.5 Å². The Morgan fingerprint density at radius 3 is 2.17 bits per heavy atom. The van der Waals surface area contributed by atoms with Gasteiger partial charge in [0.05, 0.1) is 10.6 Å². The zero-order chi connectivity index (χ0) is 21.7. The number of aryl methyl sites for hydroxylation is 1. The molecule has 0 heterocycles. The summed E-state index contributed by atoms with van der Waals surface area (Å²) < 4.78 is 33.4. The Labute approximate surface area is 190 Å². The molecule has 156 valence electrons. The van der Waals surface area contributed by atoms with Crippen molar-refractivity contribution in [2.75, 3.05) is 23.3 Å². The normalized spacial score (nSPS) is 11.0. The molecule has 0 bridgehead atoms. The van der Waals surface area contributed by atoms with E-state index in [-0.39, 0.29) is 17.4 Å². The van der Waals surface area contributed by atoms with E-state index in [0.29, 0.717) is 17.1 Å². The van der Waals surface area contributed by atoms with Crippen LogP contribution in [0.2, 0.25) is 0 Å². The minimum atomic E-state index is -3.66. The SMILES string of the molecule is Cc1ccc(S(=O)(=O)N(C)c2ccc(OCC(=O)Nc3ccc(I)cc3)cc2)cc1. The van der Waals surface area contributed by atoms with Gasteiger partial charge in [0.2, 0.25) is 0 Å². The van der Waals surface area contributed by atoms with E-state index in [0.717, 1.165) is 9.13 Å². The highest BCUT2D eigenvalue weighted by atomic mass is 127. The number of ether oxygens (including phenoxy) is 1. The highest BCUT2D eigenvalue weighted by Crippen LogP contribution is 2.24. The number of sulfonamides is 1. The first-order chi connectivity index (χ1) is 14.3. The van der Waals surface area contributed by atoms with Crippen LogP contribution in [0.1, 0.15) is 5.56 Å². The summed E-state index contributed by atoms with van der Waals surface area (Å²) in [7, 11) is -2.16. The molecule has 3 aromatic carbocycles. The molecule has 1 N–H and O–H groups in total. The van der Waals surface area contributed by atoms with Crippen LogP contribution in [0.15, 0.2) is 77.7 Å². The summed E-state index contributed by atoms with van der Waals surface area (Å²) in [5.74, 6) is 0.192. The predicted octanol–water partition coefficient (Wildman–Crippen LogP) is 4.44. The molecule has 0 aromatic heterocycles. The summed E-state index contributed by atoms with van der Waals surface area (Å²) in [6, 6.07) is 20.7. The summed E-state index contributed by atoms with van der Waals surface area (Å²) in [5, 5.41) is 2.76. The predicted molar refractivity (Wildman–Crippen MR) is 126 cm³/mol. The van der Waals surface area contributed by atoms with Crippen molar-refractivity contribution in [2.24, 2.45) is 0 Å². The molecule has 0 aliphatic rings. The first-order valence-corrected chi connectivity index (χ1v) is 11.6. The number of nitrogens with one attached hydrogen (secondary N) is 1. The molecule has 0 radical (unpaired) electrons. The molecule has 0 saturated heterocycles. The van der Waals surface area contributed by atoms with E-state index >= 15 is 0 Å². The van der Waals surface area contributed by atoms with E-state index in [1.54, 1.807) is 48.5 Å². The Morgan fingerprint density at radius 2 is 1.57 bits per heavy atom. The van der Waals surface area contributed by atoms with Crippen molar-refractivity contribution < 1.29 is 17.9 Å². The number of halogens is 1. The van der Waals surface area contributed by atoms with Crippen molar-refractivity contribution in [1.82, 2.24) is 0 Å². The summed E-state index contributed by atoms with van der Waals surface area (Å²) in [6.45, 7) is 1.75. The maximum Gasteiger partial charge on any atom is 0.264 e. The highest BCUT2D eigenvalue weighted by Gasteiger charge is 2.21. The molecule has 3 rings (SSSR count). The fraction of sp³-hybridized carbons (Fsp3) is 0.136. The van der Waals surface area contributed by atoms with Gasteiger partial charge in [-0.15, -0.1) is 0 Å². The molecular weight excluding hydrogens is 515 g/mol. The van der Waals surface area contributed by atoms with Gasteiger partial charge >= 0.3 is 0 Å². The quantitative estimate of drug-likeness (QED) is 0.453. The lowest BCUT2D eigenvalue weighted by atomic mass is 10.2. The van der Waals surface area contributed by atoms with Gasteiger partial charge in [0, 0.05) is 16.3 Å². The Morgan fingerprint density at radius 1 is 0.967 bits per heavy atom. The molecule has 3 aromatic rings. The Balaban J connectivity index is 1.60. The van der Waals surface area contributed by atoms with Gasteiger partial charge in [0.15, 0.2) is 6.61 Å². The largest absolute Gasteiger partial charge is 0.484 e. The van der Waals surface area contributed by atoms with Crippen molar-refractivity contribution in [1.29, 1.82) is 0 Å². The molecule has 0 aliphatic carbocycles. The van der Waals surface area contributed by atoms with E-state index in [4.69, 9.17) is 4.74 Å². The molecule has 30 heavy (non-hydrogen) atoms. The maximum absolute atomic E-state index is 12.8. The molecular formula is C22H21IN2O4S. The summed E-state index contributed by atoms with van der Waals surface area (Å²) in [4.78, 5) is 12.3. The Hall–Kier alpha value is -2.59. The number of rotatable bonds is 7. The van der Waals surface area contributed by atoms with Crippen LogP contribution in [0.3, 0.4) is 0 Å². The Kier molecular flexibility index (Phi) is 6.99. The minimum Gasteiger partial charge on any atom is -0.484 e. The Bertz CT molecular complexity index is 1110. The summed E-state index contributed by atoms with van der Waals surface area (Å²) >= 11 is 2.19. The molecule has 0 atom stereocenters. The fourth-order valence-electron chi connectivity index (χ4n) is 2.64. The van der Waals surface area contributed by atoms with Crippen molar-refractivity contribution in [3.8, 4) is 5.75 Å². The number of amides is 1. The average Bonchev–Trinajstić information content (AvgIpc) is 2.74. The third-order valence-electron chi connectivity index (χ3n) is 4.38. The lowest BCUT2D eigenvalue weighted by molar-refractivity contribution is -0.118. The lowest BCUT2D eigenvalue weighted by Crippen LogP contribution is -2.26. The van der Waals surface area contributed by atoms with Gasteiger partial charge in [0.25, 0.3) is 15.9 Å². The molecule has 0 saturated carbocycles. The van der Waals surface area contributed by atoms with Gasteiger partial charge in [-0.3, -0.25) is 9.10 Å². The third-order valence-corrected chi connectivity index (χ3v) is 6.90. The van der Waals surface area contributed by atoms with Crippen LogP contribution in [0.5, 0.6) is 5.75 Å². The first kappa shape index (κ1) is 22.1. The van der Waals surface area contributed by atoms with E-state index in [1.165, 1.54) is 11.4 Å². The van der Waals surface area contributed by atoms with Crippen molar-refractivity contribution in [2.45, 2.75) is 11.8 Å². The zero-order valence-corrected chi connectivity index (χ0v) is 19.5. The highest BCUT2D eigenvalue weighted by molar-refractivity contribution is 14.1. The number of hydrogen-bond acceptors (Lipinski definition) is 4. The second-order valence-electron chi connectivity index (χ2n) is 6.62. The molecule has 6 nitrogen and oxygen atoms in total. The van der Waals surface area contributed by atoms with Gasteiger partial charge in [-0.1, -0.05) is 17.7 Å². The van der Waals surface area contributed by atoms with E-state index in [9.17, 15) is 13.2 Å². The molecule has 0 spiro atoms. The van der Waals surface area contributed by atoms with E-state index in [1.807, 2.05) is 31.2 Å². The number of anilines is 2. The summed E-state index contributed by atoms with van der Waals surface area (Å²) in [6.07, 6.45) is 0. The number of hydrogen-bond donors (Lipinski definition) is 1. The van der Waals surface area contributed by atoms with Crippen LogP contribution < -0.4 is 14.4 Å². The van der Waals surface area contributed by atoms with Gasteiger partial charge in [-0.25, -0.2) is 8.42 Å². The smallest absolute Gasteiger partial charge is 0.264 e. The van der Waals surface area contributed by atoms with Crippen molar-refractivity contribution in [3.05, 3.63) is 81.9 Å². The van der Waals surface area contributed by atoms with Crippen LogP contribution in [0.4, 0.5) is 11.4 Å². The second-order valence-corrected chi connectivity index (χ2v) is 9.84. The minimum absolute atomic E-state index is 0.150. The summed E-state index contributed by atoms with van der Waals surface area (Å²) in [5.41, 5.74) is 2.18. The van der Waals surface area contributed by atoms with Crippen molar-refractivity contribution >= 4 is 49.9 Å². The van der Waals surface area contributed by atoms with Crippen molar-refractivity contribution in [3.63, 3.8) is 0 Å². The molecule has 0 aliphatic heterocycles. The molecule has 8 heteroatoms. The fourth-order valence-corrected chi connectivity index (χ4v) is 4.19.